The monoisotopic (exact) mass is 400 g/mol. The van der Waals surface area contributed by atoms with E-state index < -0.39 is 10.0 Å². The molecule has 0 aliphatic rings. The fraction of sp³-hybridized carbons (Fsp3) is 0.538. The summed E-state index contributed by atoms with van der Waals surface area (Å²) in [6, 6.07) is 4.54. The van der Waals surface area contributed by atoms with Crippen molar-refractivity contribution in [2.75, 3.05) is 13.7 Å². The number of hydrogen-bond acceptors (Lipinski definition) is 4. The summed E-state index contributed by atoms with van der Waals surface area (Å²) in [7, 11) is -2.14. The second-order valence-corrected chi connectivity index (χ2v) is 7.52. The van der Waals surface area contributed by atoms with Gasteiger partial charge < -0.3 is 10.5 Å². The van der Waals surface area contributed by atoms with E-state index in [1.165, 1.54) is 13.2 Å². The van der Waals surface area contributed by atoms with E-state index in [-0.39, 0.29) is 29.9 Å². The van der Waals surface area contributed by atoms with Gasteiger partial charge in [-0.1, -0.05) is 13.8 Å². The first-order chi connectivity index (χ1) is 9.30. The maximum absolute atomic E-state index is 12.4. The maximum Gasteiger partial charge on any atom is 0.242 e. The van der Waals surface area contributed by atoms with Gasteiger partial charge in [-0.2, -0.15) is 0 Å². The number of rotatable bonds is 7. The molecule has 0 heterocycles. The van der Waals surface area contributed by atoms with Crippen molar-refractivity contribution in [3.63, 3.8) is 0 Å². The summed E-state index contributed by atoms with van der Waals surface area (Å²) in [6.07, 6.45) is 0.692. The molecule has 0 aliphatic carbocycles. The number of methoxy groups -OCH3 is 1. The van der Waals surface area contributed by atoms with E-state index in [4.69, 9.17) is 10.5 Å². The molecule has 0 saturated heterocycles. The molecule has 1 aromatic rings. The van der Waals surface area contributed by atoms with Gasteiger partial charge in [0.1, 0.15) is 5.75 Å². The number of benzene rings is 1. The lowest BCUT2D eigenvalue weighted by Crippen LogP contribution is -2.41. The molecule has 0 aromatic heterocycles. The molecule has 0 saturated carbocycles. The first-order valence-electron chi connectivity index (χ1n) is 6.36. The molecule has 0 radical (unpaired) electrons. The van der Waals surface area contributed by atoms with Gasteiger partial charge in [-0.25, -0.2) is 13.1 Å². The lowest BCUT2D eigenvalue weighted by Gasteiger charge is -2.19. The zero-order chi connectivity index (χ0) is 15.3. The van der Waals surface area contributed by atoms with E-state index in [9.17, 15) is 8.42 Å². The quantitative estimate of drug-likeness (QED) is 0.735. The van der Waals surface area contributed by atoms with Crippen molar-refractivity contribution >= 4 is 38.4 Å². The Morgan fingerprint density at radius 2 is 2.00 bits per heavy atom. The van der Waals surface area contributed by atoms with Crippen LogP contribution in [0.5, 0.6) is 5.75 Å². The highest BCUT2D eigenvalue weighted by molar-refractivity contribution is 9.10. The molecule has 1 rings (SSSR count). The van der Waals surface area contributed by atoms with Gasteiger partial charge in [-0.3, -0.25) is 0 Å². The fourth-order valence-electron chi connectivity index (χ4n) is 1.86. The smallest absolute Gasteiger partial charge is 0.242 e. The SMILES string of the molecule is COc1ccc(Br)c(S(=O)(=O)NC(CN)CC(C)C)c1.Cl. The Kier molecular flexibility index (Phi) is 8.80. The van der Waals surface area contributed by atoms with Crippen LogP contribution < -0.4 is 15.2 Å². The van der Waals surface area contributed by atoms with Crippen LogP contribution in [0.15, 0.2) is 27.6 Å². The summed E-state index contributed by atoms with van der Waals surface area (Å²) >= 11 is 3.25. The topological polar surface area (TPSA) is 81.4 Å². The zero-order valence-electron chi connectivity index (χ0n) is 12.3. The molecule has 0 fully saturated rings. The number of sulfonamides is 1. The summed E-state index contributed by atoms with van der Waals surface area (Å²) in [5, 5.41) is 0. The molecule has 0 bridgehead atoms. The van der Waals surface area contributed by atoms with Gasteiger partial charge >= 0.3 is 0 Å². The van der Waals surface area contributed by atoms with Crippen molar-refractivity contribution in [3.05, 3.63) is 22.7 Å². The summed E-state index contributed by atoms with van der Waals surface area (Å²) in [4.78, 5) is 0.152. The van der Waals surface area contributed by atoms with Crippen LogP contribution in [0.25, 0.3) is 0 Å². The van der Waals surface area contributed by atoms with E-state index in [1.54, 1.807) is 12.1 Å². The lowest BCUT2D eigenvalue weighted by atomic mass is 10.1. The first-order valence-corrected chi connectivity index (χ1v) is 8.63. The highest BCUT2D eigenvalue weighted by Gasteiger charge is 2.22. The molecular formula is C13H22BrClN2O3S. The lowest BCUT2D eigenvalue weighted by molar-refractivity contribution is 0.413. The molecular weight excluding hydrogens is 380 g/mol. The summed E-state index contributed by atoms with van der Waals surface area (Å²) < 4.78 is 33.0. The van der Waals surface area contributed by atoms with Crippen LogP contribution in [0.1, 0.15) is 20.3 Å². The van der Waals surface area contributed by atoms with Crippen molar-refractivity contribution < 1.29 is 13.2 Å². The molecule has 21 heavy (non-hydrogen) atoms. The summed E-state index contributed by atoms with van der Waals surface area (Å²) in [5.74, 6) is 0.849. The van der Waals surface area contributed by atoms with E-state index in [2.05, 4.69) is 20.7 Å². The Labute approximate surface area is 141 Å². The second kappa shape index (κ2) is 8.95. The van der Waals surface area contributed by atoms with Crippen LogP contribution in [0.3, 0.4) is 0 Å². The Balaban J connectivity index is 0.00000400. The Morgan fingerprint density at radius 3 is 2.48 bits per heavy atom. The number of ether oxygens (including phenoxy) is 1. The zero-order valence-corrected chi connectivity index (χ0v) is 15.5. The molecule has 1 atom stereocenters. The molecule has 1 aromatic carbocycles. The Morgan fingerprint density at radius 1 is 1.38 bits per heavy atom. The van der Waals surface area contributed by atoms with Crippen molar-refractivity contribution in [1.82, 2.24) is 4.72 Å². The Hall–Kier alpha value is -0.340. The van der Waals surface area contributed by atoms with Gasteiger partial charge in [0.15, 0.2) is 0 Å². The minimum Gasteiger partial charge on any atom is -0.497 e. The van der Waals surface area contributed by atoms with Crippen LogP contribution in [0.4, 0.5) is 0 Å². The molecule has 1 unspecified atom stereocenters. The van der Waals surface area contributed by atoms with E-state index in [0.29, 0.717) is 22.6 Å². The first kappa shape index (κ1) is 20.7. The molecule has 122 valence electrons. The minimum atomic E-state index is -3.64. The summed E-state index contributed by atoms with van der Waals surface area (Å²) in [6.45, 7) is 4.32. The van der Waals surface area contributed by atoms with Gasteiger partial charge in [0.2, 0.25) is 10.0 Å². The molecule has 0 aliphatic heterocycles. The van der Waals surface area contributed by atoms with Gasteiger partial charge in [0, 0.05) is 23.1 Å². The highest BCUT2D eigenvalue weighted by atomic mass is 79.9. The van der Waals surface area contributed by atoms with E-state index in [1.807, 2.05) is 13.8 Å². The van der Waals surface area contributed by atoms with Crippen molar-refractivity contribution in [1.29, 1.82) is 0 Å². The molecule has 0 spiro atoms. The minimum absolute atomic E-state index is 0. The normalized spacial score (nSPS) is 12.9. The van der Waals surface area contributed by atoms with Gasteiger partial charge in [0.25, 0.3) is 0 Å². The van der Waals surface area contributed by atoms with Crippen molar-refractivity contribution in [3.8, 4) is 5.75 Å². The van der Waals surface area contributed by atoms with Gasteiger partial charge in [-0.15, -0.1) is 12.4 Å². The number of nitrogens with two attached hydrogens (primary N) is 1. The average molecular weight is 402 g/mol. The van der Waals surface area contributed by atoms with Crippen molar-refractivity contribution in [2.24, 2.45) is 11.7 Å². The predicted octanol–water partition coefficient (Wildman–Crippen LogP) is 2.53. The summed E-state index contributed by atoms with van der Waals surface area (Å²) in [5.41, 5.74) is 5.64. The third-order valence-electron chi connectivity index (χ3n) is 2.79. The van der Waals surface area contributed by atoms with Crippen molar-refractivity contribution in [2.45, 2.75) is 31.2 Å². The Bertz CT molecular complexity index is 552. The standard InChI is InChI=1S/C13H21BrN2O3S.ClH/c1-9(2)6-10(8-15)16-20(17,18)13-7-11(19-3)4-5-12(13)14;/h4-5,7,9-10,16H,6,8,15H2,1-3H3;1H. The van der Waals surface area contributed by atoms with Gasteiger partial charge in [0.05, 0.1) is 12.0 Å². The molecule has 5 nitrogen and oxygen atoms in total. The van der Waals surface area contributed by atoms with Crippen LogP contribution in [0.2, 0.25) is 0 Å². The highest BCUT2D eigenvalue weighted by Crippen LogP contribution is 2.26. The third-order valence-corrected chi connectivity index (χ3v) is 5.30. The molecule has 0 amide bonds. The second-order valence-electron chi connectivity index (χ2n) is 4.98. The molecule has 3 N–H and O–H groups in total. The fourth-order valence-corrected chi connectivity index (χ4v) is 4.10. The maximum atomic E-state index is 12.4. The number of hydrogen-bond donors (Lipinski definition) is 2. The largest absolute Gasteiger partial charge is 0.497 e. The number of halogens is 2. The van der Waals surface area contributed by atoms with Gasteiger partial charge in [-0.05, 0) is 40.4 Å². The molecule has 8 heteroatoms. The number of nitrogens with one attached hydrogen (secondary N) is 1. The van der Waals surface area contributed by atoms with Crippen LogP contribution in [-0.4, -0.2) is 28.1 Å². The van der Waals surface area contributed by atoms with Crippen LogP contribution >= 0.6 is 28.3 Å². The predicted molar refractivity (Wildman–Crippen MR) is 90.6 cm³/mol. The van der Waals surface area contributed by atoms with Crippen LogP contribution in [0, 0.1) is 5.92 Å². The third kappa shape index (κ3) is 6.12. The van der Waals surface area contributed by atoms with E-state index in [0.717, 1.165) is 0 Å². The van der Waals surface area contributed by atoms with E-state index >= 15 is 0 Å². The average Bonchev–Trinajstić information content (AvgIpc) is 2.37. The van der Waals surface area contributed by atoms with Crippen LogP contribution in [-0.2, 0) is 10.0 Å².